The second-order valence-corrected chi connectivity index (χ2v) is 10.7. The minimum Gasteiger partial charge on any atom is -0.452 e. The van der Waals surface area contributed by atoms with E-state index in [1.807, 2.05) is 0 Å². The van der Waals surface area contributed by atoms with E-state index in [4.69, 9.17) is 51.1 Å². The molecule has 2 aromatic carbocycles. The van der Waals surface area contributed by atoms with Gasteiger partial charge in [0.15, 0.2) is 6.61 Å². The van der Waals surface area contributed by atoms with Crippen LogP contribution in [0, 0.1) is 23.7 Å². The van der Waals surface area contributed by atoms with Gasteiger partial charge < -0.3 is 10.1 Å². The Labute approximate surface area is 220 Å². The van der Waals surface area contributed by atoms with Gasteiger partial charge in [0.05, 0.1) is 44.6 Å². The third-order valence-electron chi connectivity index (χ3n) is 6.87. The Hall–Kier alpha value is -2.32. The topological polar surface area (TPSA) is 92.8 Å². The Balaban J connectivity index is 1.26. The van der Waals surface area contributed by atoms with Crippen molar-refractivity contribution in [2.24, 2.45) is 23.7 Å². The molecule has 0 spiro atoms. The van der Waals surface area contributed by atoms with Crippen molar-refractivity contribution in [3.05, 3.63) is 58.1 Å². The van der Waals surface area contributed by atoms with Crippen LogP contribution in [0.2, 0.25) is 10.0 Å². The first-order valence-corrected chi connectivity index (χ1v) is 12.5. The smallest absolute Gasteiger partial charge is 0.338 e. The van der Waals surface area contributed by atoms with E-state index < -0.39 is 30.3 Å². The highest BCUT2D eigenvalue weighted by Gasteiger charge is 2.66. The summed E-state index contributed by atoms with van der Waals surface area (Å²) in [6, 6.07) is 10.5. The maximum Gasteiger partial charge on any atom is 0.338 e. The lowest BCUT2D eigenvalue weighted by Crippen LogP contribution is -2.37. The van der Waals surface area contributed by atoms with E-state index in [2.05, 4.69) is 5.32 Å². The summed E-state index contributed by atoms with van der Waals surface area (Å²) in [5.74, 6) is -3.32. The zero-order valence-electron chi connectivity index (χ0n) is 17.9. The quantitative estimate of drug-likeness (QED) is 0.326. The third-order valence-corrected chi connectivity index (χ3v) is 8.73. The van der Waals surface area contributed by atoms with Gasteiger partial charge in [0.1, 0.15) is 0 Å². The molecular formula is C24H18Cl4N2O5. The van der Waals surface area contributed by atoms with Crippen molar-refractivity contribution in [1.29, 1.82) is 0 Å². The number of ether oxygens (including phenoxy) is 1. The summed E-state index contributed by atoms with van der Waals surface area (Å²) >= 11 is 24.7. The average Bonchev–Trinajstić information content (AvgIpc) is 3.44. The summed E-state index contributed by atoms with van der Waals surface area (Å²) in [5.41, 5.74) is 0.673. The molecule has 1 saturated heterocycles. The molecule has 2 saturated carbocycles. The fraction of sp³-hybridized carbons (Fsp3) is 0.333. The van der Waals surface area contributed by atoms with Crippen molar-refractivity contribution in [3.8, 4) is 0 Å². The minimum absolute atomic E-state index is 0.0888. The number of nitrogens with zero attached hydrogens (tertiary/aromatic N) is 1. The molecule has 0 radical (unpaired) electrons. The first-order valence-electron chi connectivity index (χ1n) is 10.9. The lowest BCUT2D eigenvalue weighted by molar-refractivity contribution is -0.123. The van der Waals surface area contributed by atoms with E-state index >= 15 is 0 Å². The molecule has 11 heteroatoms. The Morgan fingerprint density at radius 1 is 0.971 bits per heavy atom. The maximum atomic E-state index is 13.2. The highest BCUT2D eigenvalue weighted by Crippen LogP contribution is 2.59. The third kappa shape index (κ3) is 4.18. The van der Waals surface area contributed by atoms with Crippen LogP contribution in [0.15, 0.2) is 42.5 Å². The number of anilines is 2. The molecule has 182 valence electrons. The Bertz CT molecular complexity index is 1220. The Kier molecular flexibility index (Phi) is 6.46. The van der Waals surface area contributed by atoms with Gasteiger partial charge in [-0.05, 0) is 54.7 Å². The molecule has 0 aromatic heterocycles. The SMILES string of the molecule is O=C(COC(=O)c1cccc(N2C(=O)[C@@H]3[C@H]4C[C@@H]([C@H](Cl)[C@H]4Cl)[C@@H]3C2=O)c1)Nc1ccc(Cl)cc1Cl. The van der Waals surface area contributed by atoms with E-state index in [0.717, 1.165) is 4.90 Å². The number of rotatable bonds is 5. The molecule has 0 unspecified atom stereocenters. The number of nitrogens with one attached hydrogen (secondary N) is 1. The molecule has 2 aromatic rings. The van der Waals surface area contributed by atoms with E-state index in [1.165, 1.54) is 30.3 Å². The molecule has 3 amide bonds. The molecule has 35 heavy (non-hydrogen) atoms. The molecule has 2 bridgehead atoms. The average molecular weight is 556 g/mol. The first kappa shape index (κ1) is 24.4. The fourth-order valence-corrected chi connectivity index (χ4v) is 6.72. The van der Waals surface area contributed by atoms with E-state index in [-0.39, 0.29) is 50.7 Å². The molecule has 1 N–H and O–H groups in total. The van der Waals surface area contributed by atoms with Gasteiger partial charge >= 0.3 is 5.97 Å². The van der Waals surface area contributed by atoms with Gasteiger partial charge in [0, 0.05) is 5.02 Å². The van der Waals surface area contributed by atoms with Gasteiger partial charge in [-0.2, -0.15) is 0 Å². The number of hydrogen-bond acceptors (Lipinski definition) is 5. The predicted molar refractivity (Wildman–Crippen MR) is 132 cm³/mol. The second-order valence-electron chi connectivity index (χ2n) is 8.81. The summed E-state index contributed by atoms with van der Waals surface area (Å²) < 4.78 is 5.10. The fourth-order valence-electron chi connectivity index (χ4n) is 5.37. The maximum absolute atomic E-state index is 13.2. The summed E-state index contributed by atoms with van der Waals surface area (Å²) in [6.07, 6.45) is 0.665. The summed E-state index contributed by atoms with van der Waals surface area (Å²) in [6.45, 7) is -0.564. The summed E-state index contributed by atoms with van der Waals surface area (Å²) in [5, 5.41) is 2.48. The number of esters is 1. The highest BCUT2D eigenvalue weighted by atomic mass is 35.5. The van der Waals surface area contributed by atoms with Crippen molar-refractivity contribution in [3.63, 3.8) is 0 Å². The number of carbonyl (C=O) groups is 4. The molecule has 3 aliphatic rings. The van der Waals surface area contributed by atoms with Crippen LogP contribution in [0.1, 0.15) is 16.8 Å². The van der Waals surface area contributed by atoms with Crippen molar-refractivity contribution >= 4 is 81.5 Å². The number of alkyl halides is 2. The van der Waals surface area contributed by atoms with Crippen LogP contribution in [-0.4, -0.2) is 41.1 Å². The number of amides is 3. The van der Waals surface area contributed by atoms with Crippen LogP contribution in [0.3, 0.4) is 0 Å². The van der Waals surface area contributed by atoms with Crippen LogP contribution in [0.4, 0.5) is 11.4 Å². The van der Waals surface area contributed by atoms with Gasteiger partial charge in [-0.3, -0.25) is 19.3 Å². The molecule has 1 heterocycles. The van der Waals surface area contributed by atoms with Crippen molar-refractivity contribution in [2.45, 2.75) is 17.2 Å². The lowest BCUT2D eigenvalue weighted by Gasteiger charge is -2.28. The number of benzene rings is 2. The zero-order valence-corrected chi connectivity index (χ0v) is 20.9. The predicted octanol–water partition coefficient (Wildman–Crippen LogP) is 4.76. The first-order chi connectivity index (χ1) is 16.7. The van der Waals surface area contributed by atoms with Gasteiger partial charge in [0.2, 0.25) is 11.8 Å². The van der Waals surface area contributed by atoms with Gasteiger partial charge in [-0.1, -0.05) is 29.3 Å². The molecule has 2 aliphatic carbocycles. The number of hydrogen-bond donors (Lipinski definition) is 1. The molecule has 1 aliphatic heterocycles. The minimum atomic E-state index is -0.787. The van der Waals surface area contributed by atoms with Crippen molar-refractivity contribution < 1.29 is 23.9 Å². The van der Waals surface area contributed by atoms with Gasteiger partial charge in [-0.15, -0.1) is 23.2 Å². The number of carbonyl (C=O) groups excluding carboxylic acids is 4. The Morgan fingerprint density at radius 2 is 1.63 bits per heavy atom. The molecule has 7 nitrogen and oxygen atoms in total. The zero-order chi connectivity index (χ0) is 25.0. The van der Waals surface area contributed by atoms with E-state index in [1.54, 1.807) is 12.1 Å². The van der Waals surface area contributed by atoms with Gasteiger partial charge in [0.25, 0.3) is 5.91 Å². The van der Waals surface area contributed by atoms with Crippen LogP contribution in [0.25, 0.3) is 0 Å². The van der Waals surface area contributed by atoms with Crippen molar-refractivity contribution in [1.82, 2.24) is 0 Å². The largest absolute Gasteiger partial charge is 0.452 e. The summed E-state index contributed by atoms with van der Waals surface area (Å²) in [4.78, 5) is 52.2. The summed E-state index contributed by atoms with van der Waals surface area (Å²) in [7, 11) is 0. The van der Waals surface area contributed by atoms with Crippen LogP contribution in [0.5, 0.6) is 0 Å². The number of fused-ring (bicyclic) bond motifs is 5. The number of halogens is 4. The normalized spacial score (nSPS) is 28.9. The molecule has 3 fully saturated rings. The number of imide groups is 1. The highest BCUT2D eigenvalue weighted by molar-refractivity contribution is 6.36. The van der Waals surface area contributed by atoms with Crippen LogP contribution in [-0.2, 0) is 19.1 Å². The van der Waals surface area contributed by atoms with Crippen LogP contribution < -0.4 is 10.2 Å². The van der Waals surface area contributed by atoms with Crippen molar-refractivity contribution in [2.75, 3.05) is 16.8 Å². The molecule has 6 atom stereocenters. The monoisotopic (exact) mass is 554 g/mol. The van der Waals surface area contributed by atoms with Crippen LogP contribution >= 0.6 is 46.4 Å². The second kappa shape index (κ2) is 9.28. The van der Waals surface area contributed by atoms with Gasteiger partial charge in [-0.25, -0.2) is 4.79 Å². The standard InChI is InChI=1S/C24H18Cl4N2O5/c25-11-4-5-16(15(26)7-11)29-17(31)9-35-24(34)10-2-1-3-12(6-10)30-22(32)18-13-8-14(19(18)23(30)33)21(28)20(13)27/h1-7,13-14,18-21H,8-9H2,(H,29,31)/t13-,14-,18-,19+,20+,21+/m1/s1. The molecule has 5 rings (SSSR count). The Morgan fingerprint density at radius 3 is 2.26 bits per heavy atom. The van der Waals surface area contributed by atoms with E-state index in [9.17, 15) is 19.2 Å². The van der Waals surface area contributed by atoms with E-state index in [0.29, 0.717) is 17.1 Å². The lowest BCUT2D eigenvalue weighted by atomic mass is 9.80. The molecular weight excluding hydrogens is 538 g/mol.